The molecule has 0 N–H and O–H groups in total. The third-order valence-electron chi connectivity index (χ3n) is 5.78. The molecule has 0 aliphatic carbocycles. The number of hydrogen-bond donors (Lipinski definition) is 0. The number of ether oxygens (including phenoxy) is 1. The lowest BCUT2D eigenvalue weighted by atomic mass is 9.99. The summed E-state index contributed by atoms with van der Waals surface area (Å²) in [4.78, 5) is 32.9. The number of amides is 2. The highest BCUT2D eigenvalue weighted by atomic mass is 16.5. The third kappa shape index (κ3) is 4.19. The summed E-state index contributed by atoms with van der Waals surface area (Å²) < 4.78 is 12.5. The van der Waals surface area contributed by atoms with E-state index in [1.165, 1.54) is 0 Å². The molecule has 0 radical (unpaired) electrons. The predicted molar refractivity (Wildman–Crippen MR) is 103 cm³/mol. The first-order chi connectivity index (χ1) is 14.0. The summed E-state index contributed by atoms with van der Waals surface area (Å²) in [6.45, 7) is 3.02. The van der Waals surface area contributed by atoms with Crippen LogP contribution in [0.1, 0.15) is 41.0 Å². The third-order valence-corrected chi connectivity index (χ3v) is 5.78. The topological polar surface area (TPSA) is 93.7 Å². The number of likely N-dealkylation sites (tertiary alicyclic amines) is 1. The van der Waals surface area contributed by atoms with Gasteiger partial charge in [-0.25, -0.2) is 0 Å². The Morgan fingerprint density at radius 3 is 2.72 bits per heavy atom. The number of hydrogen-bond acceptors (Lipinski definition) is 6. The van der Waals surface area contributed by atoms with Gasteiger partial charge in [-0.15, -0.1) is 0 Å². The lowest BCUT2D eigenvalue weighted by molar-refractivity contribution is -0.137. The number of likely N-dealkylation sites (N-methyl/N-ethyl adjacent to an activating group) is 1. The Kier molecular flexibility index (Phi) is 5.66. The molecule has 0 aromatic carbocycles. The van der Waals surface area contributed by atoms with Crippen molar-refractivity contribution in [2.24, 2.45) is 13.0 Å². The minimum Gasteiger partial charge on any atom is -0.381 e. The maximum atomic E-state index is 12.5. The number of rotatable bonds is 6. The first kappa shape index (κ1) is 19.6. The maximum Gasteiger partial charge on any atom is 0.270 e. The molecule has 2 aliphatic rings. The zero-order chi connectivity index (χ0) is 20.4. The molecule has 2 aromatic rings. The molecule has 4 rings (SSSR count). The quantitative estimate of drug-likeness (QED) is 0.719. The van der Waals surface area contributed by atoms with Crippen LogP contribution < -0.4 is 0 Å². The van der Waals surface area contributed by atoms with Crippen LogP contribution in [0, 0.1) is 5.92 Å². The van der Waals surface area contributed by atoms with E-state index < -0.39 is 0 Å². The van der Waals surface area contributed by atoms with E-state index >= 15 is 0 Å². The molecule has 9 heteroatoms. The summed E-state index contributed by atoms with van der Waals surface area (Å²) in [6.07, 6.45) is 3.98. The number of aryl methyl sites for hydroxylation is 1. The highest BCUT2D eigenvalue weighted by molar-refractivity contribution is 5.93. The molecule has 29 heavy (non-hydrogen) atoms. The number of aromatic nitrogens is 3. The van der Waals surface area contributed by atoms with E-state index in [4.69, 9.17) is 9.26 Å². The summed E-state index contributed by atoms with van der Waals surface area (Å²) in [6, 6.07) is 3.68. The van der Waals surface area contributed by atoms with Gasteiger partial charge in [-0.1, -0.05) is 5.16 Å². The van der Waals surface area contributed by atoms with E-state index in [-0.39, 0.29) is 23.7 Å². The highest BCUT2D eigenvalue weighted by Crippen LogP contribution is 2.27. The molecule has 0 bridgehead atoms. The van der Waals surface area contributed by atoms with Crippen molar-refractivity contribution in [1.29, 1.82) is 0 Å². The van der Waals surface area contributed by atoms with E-state index in [0.717, 1.165) is 12.8 Å². The molecule has 0 spiro atoms. The van der Waals surface area contributed by atoms with Crippen molar-refractivity contribution in [1.82, 2.24) is 24.5 Å². The van der Waals surface area contributed by atoms with Crippen LogP contribution in [0.5, 0.6) is 0 Å². The summed E-state index contributed by atoms with van der Waals surface area (Å²) in [5.74, 6) is 1.46. The molecule has 2 aromatic heterocycles. The molecule has 156 valence electrons. The predicted octanol–water partition coefficient (Wildman–Crippen LogP) is 1.08. The van der Waals surface area contributed by atoms with Crippen LogP contribution in [0.25, 0.3) is 0 Å². The summed E-state index contributed by atoms with van der Waals surface area (Å²) >= 11 is 0. The van der Waals surface area contributed by atoms with Gasteiger partial charge in [0.05, 0.1) is 5.92 Å². The van der Waals surface area contributed by atoms with Crippen LogP contribution in [0.3, 0.4) is 0 Å². The summed E-state index contributed by atoms with van der Waals surface area (Å²) in [7, 11) is 3.68. The van der Waals surface area contributed by atoms with Crippen LogP contribution in [-0.2, 0) is 23.0 Å². The fraction of sp³-hybridized carbons (Fsp3) is 0.600. The van der Waals surface area contributed by atoms with E-state index in [0.29, 0.717) is 56.7 Å². The first-order valence-electron chi connectivity index (χ1n) is 10.1. The smallest absolute Gasteiger partial charge is 0.270 e. The molecule has 2 fully saturated rings. The lowest BCUT2D eigenvalue weighted by Gasteiger charge is -2.37. The molecule has 0 saturated carbocycles. The van der Waals surface area contributed by atoms with Gasteiger partial charge in [0.15, 0.2) is 5.82 Å². The van der Waals surface area contributed by atoms with Crippen molar-refractivity contribution in [3.05, 3.63) is 35.7 Å². The number of carbonyl (C=O) groups is 2. The molecule has 0 unspecified atom stereocenters. The van der Waals surface area contributed by atoms with Gasteiger partial charge in [0.25, 0.3) is 5.91 Å². The van der Waals surface area contributed by atoms with Gasteiger partial charge in [0, 0.05) is 65.5 Å². The van der Waals surface area contributed by atoms with Crippen molar-refractivity contribution in [2.45, 2.75) is 25.2 Å². The van der Waals surface area contributed by atoms with Gasteiger partial charge in [-0.2, -0.15) is 4.98 Å². The number of nitrogens with zero attached hydrogens (tertiary/aromatic N) is 5. The fourth-order valence-electron chi connectivity index (χ4n) is 3.81. The minimum atomic E-state index is 0.0155. The Morgan fingerprint density at radius 2 is 2.03 bits per heavy atom. The van der Waals surface area contributed by atoms with Crippen molar-refractivity contribution in [3.63, 3.8) is 0 Å². The summed E-state index contributed by atoms with van der Waals surface area (Å²) in [5, 5.41) is 4.05. The standard InChI is InChI=1S/C20H27N5O4/c1-23-8-3-4-16(23)20(27)25-12-15(13-25)18-21-17(22-29-18)5-9-24(2)19(26)14-6-10-28-11-7-14/h3-4,8,14-15H,5-7,9-13H2,1-2H3. The Morgan fingerprint density at radius 1 is 1.28 bits per heavy atom. The number of carbonyl (C=O) groups excluding carboxylic acids is 2. The van der Waals surface area contributed by atoms with Crippen LogP contribution in [0.2, 0.25) is 0 Å². The summed E-state index contributed by atoms with van der Waals surface area (Å²) in [5.41, 5.74) is 0.673. The van der Waals surface area contributed by atoms with Gasteiger partial charge in [0.1, 0.15) is 5.69 Å². The van der Waals surface area contributed by atoms with E-state index in [1.54, 1.807) is 9.80 Å². The van der Waals surface area contributed by atoms with Gasteiger partial charge < -0.3 is 23.6 Å². The molecule has 0 atom stereocenters. The molecule has 2 saturated heterocycles. The SMILES string of the molecule is CN(CCc1noc(C2CN(C(=O)c3cccn3C)C2)n1)C(=O)C1CCOCC1. The lowest BCUT2D eigenvalue weighted by Crippen LogP contribution is -2.49. The minimum absolute atomic E-state index is 0.0155. The highest BCUT2D eigenvalue weighted by Gasteiger charge is 2.36. The Labute approximate surface area is 169 Å². The van der Waals surface area contributed by atoms with Gasteiger partial charge in [-0.3, -0.25) is 9.59 Å². The van der Waals surface area contributed by atoms with E-state index in [2.05, 4.69) is 10.1 Å². The Hall–Kier alpha value is -2.68. The Bertz CT molecular complexity index is 864. The van der Waals surface area contributed by atoms with Crippen molar-refractivity contribution < 1.29 is 18.8 Å². The second kappa shape index (κ2) is 8.36. The Balaban J connectivity index is 1.25. The van der Waals surface area contributed by atoms with Crippen LogP contribution in [0.4, 0.5) is 0 Å². The normalized spacial score (nSPS) is 17.9. The van der Waals surface area contributed by atoms with Crippen molar-refractivity contribution >= 4 is 11.8 Å². The van der Waals surface area contributed by atoms with Crippen LogP contribution in [-0.4, -0.2) is 76.2 Å². The maximum absolute atomic E-state index is 12.5. The van der Waals surface area contributed by atoms with Crippen molar-refractivity contribution in [3.8, 4) is 0 Å². The zero-order valence-electron chi connectivity index (χ0n) is 16.9. The molecule has 4 heterocycles. The van der Waals surface area contributed by atoms with E-state index in [9.17, 15) is 9.59 Å². The van der Waals surface area contributed by atoms with Gasteiger partial charge >= 0.3 is 0 Å². The average molecular weight is 401 g/mol. The molecular weight excluding hydrogens is 374 g/mol. The second-order valence-corrected chi connectivity index (χ2v) is 7.86. The second-order valence-electron chi connectivity index (χ2n) is 7.86. The molecular formula is C20H27N5O4. The van der Waals surface area contributed by atoms with Gasteiger partial charge in [-0.05, 0) is 25.0 Å². The van der Waals surface area contributed by atoms with Crippen molar-refractivity contribution in [2.75, 3.05) is 39.9 Å². The zero-order valence-corrected chi connectivity index (χ0v) is 16.9. The first-order valence-corrected chi connectivity index (χ1v) is 10.1. The molecule has 9 nitrogen and oxygen atoms in total. The molecule has 2 amide bonds. The van der Waals surface area contributed by atoms with Crippen LogP contribution >= 0.6 is 0 Å². The van der Waals surface area contributed by atoms with Crippen LogP contribution in [0.15, 0.2) is 22.9 Å². The monoisotopic (exact) mass is 401 g/mol. The average Bonchev–Trinajstić information content (AvgIpc) is 3.34. The van der Waals surface area contributed by atoms with E-state index in [1.807, 2.05) is 37.0 Å². The van der Waals surface area contributed by atoms with Gasteiger partial charge in [0.2, 0.25) is 11.8 Å². The molecule has 2 aliphatic heterocycles. The largest absolute Gasteiger partial charge is 0.381 e. The fourth-order valence-corrected chi connectivity index (χ4v) is 3.81.